The van der Waals surface area contributed by atoms with Gasteiger partial charge < -0.3 is 15.5 Å². The maximum Gasteiger partial charge on any atom is 0.222 e. The number of nitrogens with zero attached hydrogens (tertiary/aromatic N) is 1. The van der Waals surface area contributed by atoms with E-state index in [1.807, 2.05) is 26.2 Å². The van der Waals surface area contributed by atoms with E-state index in [0.29, 0.717) is 11.6 Å². The maximum absolute atomic E-state index is 12.0. The van der Waals surface area contributed by atoms with Crippen LogP contribution in [0.2, 0.25) is 5.02 Å². The summed E-state index contributed by atoms with van der Waals surface area (Å²) in [7, 11) is 3.99. The summed E-state index contributed by atoms with van der Waals surface area (Å²) < 4.78 is 0. The molecule has 0 radical (unpaired) electrons. The van der Waals surface area contributed by atoms with Crippen LogP contribution < -0.4 is 10.6 Å². The first-order valence-electron chi connectivity index (χ1n) is 7.32. The molecule has 0 saturated heterocycles. The zero-order valence-corrected chi connectivity index (χ0v) is 14.1. The van der Waals surface area contributed by atoms with Crippen LogP contribution in [0, 0.1) is 0 Å². The van der Waals surface area contributed by atoms with E-state index in [9.17, 15) is 9.59 Å². The quantitative estimate of drug-likeness (QED) is 0.718. The van der Waals surface area contributed by atoms with Gasteiger partial charge in [-0.25, -0.2) is 0 Å². The van der Waals surface area contributed by atoms with Gasteiger partial charge in [0.05, 0.1) is 12.5 Å². The maximum atomic E-state index is 12.0. The highest BCUT2D eigenvalue weighted by Gasteiger charge is 2.16. The van der Waals surface area contributed by atoms with Crippen molar-refractivity contribution in [1.29, 1.82) is 0 Å². The molecule has 6 heteroatoms. The SMILES string of the molecule is CC(=O)NC(CC(=O)NCCCN(C)C)c1ccc(Cl)cc1. The highest BCUT2D eigenvalue weighted by molar-refractivity contribution is 6.30. The minimum absolute atomic E-state index is 0.0764. The number of hydrogen-bond donors (Lipinski definition) is 2. The molecule has 2 N–H and O–H groups in total. The Morgan fingerprint density at radius 2 is 1.86 bits per heavy atom. The van der Waals surface area contributed by atoms with Crippen molar-refractivity contribution in [2.75, 3.05) is 27.2 Å². The Labute approximate surface area is 137 Å². The zero-order valence-electron chi connectivity index (χ0n) is 13.4. The van der Waals surface area contributed by atoms with E-state index in [2.05, 4.69) is 15.5 Å². The van der Waals surface area contributed by atoms with Crippen LogP contribution in [0.1, 0.15) is 31.4 Å². The topological polar surface area (TPSA) is 61.4 Å². The summed E-state index contributed by atoms with van der Waals surface area (Å²) in [5, 5.41) is 6.31. The number of carbonyl (C=O) groups is 2. The van der Waals surface area contributed by atoms with E-state index in [-0.39, 0.29) is 24.3 Å². The summed E-state index contributed by atoms with van der Waals surface area (Å²) in [6.07, 6.45) is 1.10. The van der Waals surface area contributed by atoms with Gasteiger partial charge in [0.15, 0.2) is 0 Å². The summed E-state index contributed by atoms with van der Waals surface area (Å²) in [5.74, 6) is -0.243. The molecule has 5 nitrogen and oxygen atoms in total. The number of halogens is 1. The lowest BCUT2D eigenvalue weighted by Crippen LogP contribution is -2.33. The Bertz CT molecular complexity index is 489. The lowest BCUT2D eigenvalue weighted by Gasteiger charge is -2.18. The average molecular weight is 326 g/mol. The molecule has 0 aliphatic rings. The van der Waals surface area contributed by atoms with Gasteiger partial charge in [-0.2, -0.15) is 0 Å². The van der Waals surface area contributed by atoms with E-state index in [0.717, 1.165) is 18.5 Å². The molecule has 1 rings (SSSR count). The molecule has 2 amide bonds. The van der Waals surface area contributed by atoms with Gasteiger partial charge in [-0.15, -0.1) is 0 Å². The largest absolute Gasteiger partial charge is 0.356 e. The van der Waals surface area contributed by atoms with Gasteiger partial charge in [-0.3, -0.25) is 9.59 Å². The Morgan fingerprint density at radius 1 is 1.23 bits per heavy atom. The second kappa shape index (κ2) is 9.43. The molecule has 0 aliphatic heterocycles. The third-order valence-corrected chi connectivity index (χ3v) is 3.40. The third-order valence-electron chi connectivity index (χ3n) is 3.14. The number of amides is 2. The first kappa shape index (κ1) is 18.5. The molecule has 0 saturated carbocycles. The van der Waals surface area contributed by atoms with E-state index in [1.165, 1.54) is 6.92 Å². The summed E-state index contributed by atoms with van der Waals surface area (Å²) >= 11 is 5.87. The van der Waals surface area contributed by atoms with Crippen LogP contribution in [-0.2, 0) is 9.59 Å². The van der Waals surface area contributed by atoms with Crippen LogP contribution in [0.3, 0.4) is 0 Å². The molecule has 1 aromatic carbocycles. The van der Waals surface area contributed by atoms with Crippen molar-refractivity contribution in [2.45, 2.75) is 25.8 Å². The number of hydrogen-bond acceptors (Lipinski definition) is 3. The second-order valence-corrected chi connectivity index (χ2v) is 5.95. The van der Waals surface area contributed by atoms with Crippen LogP contribution in [-0.4, -0.2) is 43.9 Å². The van der Waals surface area contributed by atoms with E-state index < -0.39 is 0 Å². The van der Waals surface area contributed by atoms with Crippen LogP contribution in [0.25, 0.3) is 0 Å². The average Bonchev–Trinajstić information content (AvgIpc) is 2.43. The Kier molecular flexibility index (Phi) is 7.91. The summed E-state index contributed by atoms with van der Waals surface area (Å²) in [5.41, 5.74) is 0.864. The smallest absolute Gasteiger partial charge is 0.222 e. The predicted molar refractivity (Wildman–Crippen MR) is 88.8 cm³/mol. The number of rotatable bonds is 8. The summed E-state index contributed by atoms with van der Waals surface area (Å²) in [4.78, 5) is 25.4. The molecule has 1 atom stereocenters. The van der Waals surface area contributed by atoms with Crippen LogP contribution >= 0.6 is 11.6 Å². The molecule has 1 aromatic rings. The highest BCUT2D eigenvalue weighted by atomic mass is 35.5. The van der Waals surface area contributed by atoms with Crippen molar-refractivity contribution in [3.8, 4) is 0 Å². The van der Waals surface area contributed by atoms with Crippen LogP contribution in [0.4, 0.5) is 0 Å². The van der Waals surface area contributed by atoms with Gasteiger partial charge in [0.2, 0.25) is 11.8 Å². The molecule has 0 aliphatic carbocycles. The number of benzene rings is 1. The molecule has 0 bridgehead atoms. The van der Waals surface area contributed by atoms with E-state index >= 15 is 0 Å². The molecule has 0 spiro atoms. The predicted octanol–water partition coefficient (Wildman–Crippen LogP) is 1.98. The lowest BCUT2D eigenvalue weighted by molar-refractivity contribution is -0.122. The van der Waals surface area contributed by atoms with E-state index in [1.54, 1.807) is 12.1 Å². The Balaban J connectivity index is 2.55. The normalized spacial score (nSPS) is 12.0. The summed E-state index contributed by atoms with van der Waals surface area (Å²) in [6.45, 7) is 2.99. The first-order valence-corrected chi connectivity index (χ1v) is 7.70. The molecule has 1 unspecified atom stereocenters. The fourth-order valence-electron chi connectivity index (χ4n) is 2.07. The number of carbonyl (C=O) groups excluding carboxylic acids is 2. The van der Waals surface area contributed by atoms with Crippen LogP contribution in [0.5, 0.6) is 0 Å². The van der Waals surface area contributed by atoms with Crippen molar-refractivity contribution >= 4 is 23.4 Å². The highest BCUT2D eigenvalue weighted by Crippen LogP contribution is 2.19. The van der Waals surface area contributed by atoms with Crippen molar-refractivity contribution < 1.29 is 9.59 Å². The standard InChI is InChI=1S/C16H24ClN3O2/c1-12(21)19-15(13-5-7-14(17)8-6-13)11-16(22)18-9-4-10-20(2)3/h5-8,15H,4,9-11H2,1-3H3,(H,18,22)(H,19,21). The first-order chi connectivity index (χ1) is 10.4. The second-order valence-electron chi connectivity index (χ2n) is 5.52. The third kappa shape index (κ3) is 7.43. The summed E-state index contributed by atoms with van der Waals surface area (Å²) in [6, 6.07) is 6.80. The molecule has 0 fully saturated rings. The van der Waals surface area contributed by atoms with Crippen molar-refractivity contribution in [3.05, 3.63) is 34.9 Å². The Morgan fingerprint density at radius 3 is 2.41 bits per heavy atom. The van der Waals surface area contributed by atoms with Crippen molar-refractivity contribution in [3.63, 3.8) is 0 Å². The molecular weight excluding hydrogens is 302 g/mol. The van der Waals surface area contributed by atoms with Gasteiger partial charge in [-0.1, -0.05) is 23.7 Å². The van der Waals surface area contributed by atoms with Crippen LogP contribution in [0.15, 0.2) is 24.3 Å². The minimum atomic E-state index is -0.344. The van der Waals surface area contributed by atoms with Crippen molar-refractivity contribution in [1.82, 2.24) is 15.5 Å². The number of nitrogens with one attached hydrogen (secondary N) is 2. The van der Waals surface area contributed by atoms with Gasteiger partial charge >= 0.3 is 0 Å². The van der Waals surface area contributed by atoms with E-state index in [4.69, 9.17) is 11.6 Å². The molecule has 122 valence electrons. The van der Waals surface area contributed by atoms with Gasteiger partial charge in [0, 0.05) is 18.5 Å². The molecule has 0 aromatic heterocycles. The van der Waals surface area contributed by atoms with Gasteiger partial charge in [0.25, 0.3) is 0 Å². The fourth-order valence-corrected chi connectivity index (χ4v) is 2.20. The minimum Gasteiger partial charge on any atom is -0.356 e. The fraction of sp³-hybridized carbons (Fsp3) is 0.500. The molecule has 22 heavy (non-hydrogen) atoms. The molecular formula is C16H24ClN3O2. The lowest BCUT2D eigenvalue weighted by atomic mass is 10.0. The molecule has 0 heterocycles. The van der Waals surface area contributed by atoms with Gasteiger partial charge in [0.1, 0.15) is 0 Å². The monoisotopic (exact) mass is 325 g/mol. The zero-order chi connectivity index (χ0) is 16.5. The Hall–Kier alpha value is -1.59. The van der Waals surface area contributed by atoms with Crippen molar-refractivity contribution in [2.24, 2.45) is 0 Å². The van der Waals surface area contributed by atoms with Gasteiger partial charge in [-0.05, 0) is 44.8 Å².